The second kappa shape index (κ2) is 10.7. The van der Waals surface area contributed by atoms with Crippen LogP contribution in [0.5, 0.6) is 0 Å². The van der Waals surface area contributed by atoms with E-state index in [9.17, 15) is 0 Å². The minimum atomic E-state index is -0.509. The van der Waals surface area contributed by atoms with Gasteiger partial charge in [-0.2, -0.15) is 0 Å². The van der Waals surface area contributed by atoms with Gasteiger partial charge in [0.15, 0.2) is 0 Å². The van der Waals surface area contributed by atoms with Gasteiger partial charge in [0.1, 0.15) is 11.5 Å². The molecule has 0 N–H and O–H groups in total. The topological polar surface area (TPSA) is 30.7 Å². The molecule has 4 heterocycles. The number of hydrogen-bond acceptors (Lipinski definition) is 3. The van der Waals surface area contributed by atoms with E-state index in [1.165, 1.54) is 75.8 Å². The molecule has 246 valence electrons. The Balaban J connectivity index is 1.15. The minimum Gasteiger partial charge on any atom is -0.278 e. The van der Waals surface area contributed by atoms with Gasteiger partial charge in [-0.05, 0) is 98.6 Å². The van der Waals surface area contributed by atoms with Crippen LogP contribution in [0.3, 0.4) is 0 Å². The third-order valence-electron chi connectivity index (χ3n) is 11.6. The lowest BCUT2D eigenvalue weighted by Crippen LogP contribution is -2.30. The second-order valence-electron chi connectivity index (χ2n) is 14.1. The van der Waals surface area contributed by atoms with E-state index in [1.807, 2.05) is 48.0 Å². The summed E-state index contributed by atoms with van der Waals surface area (Å²) in [6.07, 6.45) is 8.34. The summed E-state index contributed by atoms with van der Waals surface area (Å²) in [6.45, 7) is 0. The largest absolute Gasteiger partial charge is 0.278 e. The fourth-order valence-electron chi connectivity index (χ4n) is 9.38. The average molecular weight is 692 g/mol. The molecule has 2 aliphatic carbocycles. The lowest BCUT2D eigenvalue weighted by atomic mass is 9.65. The van der Waals surface area contributed by atoms with Gasteiger partial charge < -0.3 is 0 Å². The van der Waals surface area contributed by atoms with E-state index in [4.69, 9.17) is 9.97 Å². The quantitative estimate of drug-likeness (QED) is 0.181. The molecule has 2 aliphatic rings. The van der Waals surface area contributed by atoms with Crippen molar-refractivity contribution in [2.75, 3.05) is 0 Å². The van der Waals surface area contributed by atoms with E-state index in [2.05, 4.69) is 144 Å². The molecule has 6 aromatic carbocycles. The molecule has 0 bridgehead atoms. The van der Waals surface area contributed by atoms with Crippen molar-refractivity contribution in [1.29, 1.82) is 0 Å². The molecule has 3 nitrogen and oxygen atoms in total. The molecular formula is C49H29N3S. The molecule has 0 aliphatic heterocycles. The highest BCUT2D eigenvalue weighted by Crippen LogP contribution is 2.61. The van der Waals surface area contributed by atoms with Crippen molar-refractivity contribution in [1.82, 2.24) is 14.5 Å². The smallest absolute Gasteiger partial charge is 0.146 e. The van der Waals surface area contributed by atoms with Crippen LogP contribution >= 0.6 is 11.3 Å². The summed E-state index contributed by atoms with van der Waals surface area (Å²) in [5.41, 5.74) is 14.4. The van der Waals surface area contributed by atoms with E-state index in [0.29, 0.717) is 0 Å². The normalized spacial score (nSPS) is 15.5. The molecule has 4 heteroatoms. The Morgan fingerprint density at radius 2 is 1.25 bits per heavy atom. The van der Waals surface area contributed by atoms with E-state index in [0.717, 1.165) is 27.8 Å². The highest BCUT2D eigenvalue weighted by Gasteiger charge is 2.49. The number of rotatable bonds is 2. The van der Waals surface area contributed by atoms with Gasteiger partial charge in [-0.25, -0.2) is 9.97 Å². The molecule has 1 spiro atoms. The number of hydrogen-bond donors (Lipinski definition) is 0. The van der Waals surface area contributed by atoms with Crippen LogP contribution in [-0.4, -0.2) is 14.5 Å². The van der Waals surface area contributed by atoms with E-state index < -0.39 is 5.41 Å². The monoisotopic (exact) mass is 691 g/mol. The molecule has 1 atom stereocenters. The predicted octanol–water partition coefficient (Wildman–Crippen LogP) is 12.5. The predicted molar refractivity (Wildman–Crippen MR) is 221 cm³/mol. The minimum absolute atomic E-state index is 0.509. The summed E-state index contributed by atoms with van der Waals surface area (Å²) < 4.78 is 4.86. The maximum absolute atomic E-state index is 4.83. The maximum Gasteiger partial charge on any atom is 0.146 e. The number of nitrogens with zero attached hydrogens (tertiary/aromatic N) is 3. The molecule has 53 heavy (non-hydrogen) atoms. The van der Waals surface area contributed by atoms with Gasteiger partial charge in [0.05, 0.1) is 10.9 Å². The van der Waals surface area contributed by atoms with Crippen molar-refractivity contribution in [3.63, 3.8) is 0 Å². The summed E-state index contributed by atoms with van der Waals surface area (Å²) in [6, 6.07) is 55.9. The number of pyridine rings is 2. The van der Waals surface area contributed by atoms with E-state index >= 15 is 0 Å². The Morgan fingerprint density at radius 1 is 0.491 bits per heavy atom. The van der Waals surface area contributed by atoms with Gasteiger partial charge >= 0.3 is 0 Å². The Hall–Kier alpha value is -6.62. The zero-order chi connectivity index (χ0) is 34.7. The summed E-state index contributed by atoms with van der Waals surface area (Å²) in [5.74, 6) is 0.864. The SMILES string of the molecule is C1=Cc2ccc(-c3ccc4c(c3)c3cccnc3n4-c3ccccn3)cc2C2(c3ccccc31)c1ccccc1-c1c2ccc2c1sc1ccccc12. The Morgan fingerprint density at radius 3 is 2.17 bits per heavy atom. The van der Waals surface area contributed by atoms with Crippen LogP contribution in [0.2, 0.25) is 0 Å². The standard InChI is InChI=1S/C49H29N3S/c1-4-14-39-30(10-1)18-19-31-20-21-33(32-22-25-43-38(28-32)36-13-9-27-51-48(36)52(43)45-17-7-8-26-50-45)29-42(31)49(39)40-15-5-2-12-37(40)46-41(49)24-23-35-34-11-3-6-16-44(34)53-47(35)46/h1-29H. The summed E-state index contributed by atoms with van der Waals surface area (Å²) >= 11 is 1.92. The molecule has 0 amide bonds. The molecule has 0 saturated carbocycles. The van der Waals surface area contributed by atoms with Crippen LogP contribution in [0.15, 0.2) is 164 Å². The highest BCUT2D eigenvalue weighted by atomic mass is 32.1. The van der Waals surface area contributed by atoms with Gasteiger partial charge in [-0.3, -0.25) is 4.57 Å². The number of aromatic nitrogens is 3. The van der Waals surface area contributed by atoms with Crippen molar-refractivity contribution >= 4 is 65.6 Å². The lowest BCUT2D eigenvalue weighted by molar-refractivity contribution is 0.767. The third kappa shape index (κ3) is 3.83. The first-order valence-electron chi connectivity index (χ1n) is 18.1. The molecule has 0 fully saturated rings. The molecule has 0 saturated heterocycles. The van der Waals surface area contributed by atoms with Gasteiger partial charge in [-0.1, -0.05) is 115 Å². The Labute approximate surface area is 309 Å². The molecular weight excluding hydrogens is 663 g/mol. The summed E-state index contributed by atoms with van der Waals surface area (Å²) in [5, 5.41) is 4.94. The second-order valence-corrected chi connectivity index (χ2v) is 15.2. The zero-order valence-electron chi connectivity index (χ0n) is 28.5. The summed E-state index contributed by atoms with van der Waals surface area (Å²) in [7, 11) is 0. The molecule has 1 unspecified atom stereocenters. The first-order valence-corrected chi connectivity index (χ1v) is 18.9. The molecule has 4 aromatic heterocycles. The van der Waals surface area contributed by atoms with Crippen molar-refractivity contribution < 1.29 is 0 Å². The molecule has 10 aromatic rings. The van der Waals surface area contributed by atoms with Crippen LogP contribution in [0.1, 0.15) is 33.4 Å². The van der Waals surface area contributed by atoms with Gasteiger partial charge in [0.25, 0.3) is 0 Å². The van der Waals surface area contributed by atoms with Crippen molar-refractivity contribution in [2.24, 2.45) is 0 Å². The molecule has 0 radical (unpaired) electrons. The van der Waals surface area contributed by atoms with Crippen LogP contribution in [0.4, 0.5) is 0 Å². The third-order valence-corrected chi connectivity index (χ3v) is 12.8. The van der Waals surface area contributed by atoms with Crippen molar-refractivity contribution in [3.8, 4) is 28.1 Å². The highest BCUT2D eigenvalue weighted by molar-refractivity contribution is 7.26. The fraction of sp³-hybridized carbons (Fsp3) is 0.0204. The first-order chi connectivity index (χ1) is 26.3. The Kier molecular flexibility index (Phi) is 5.86. The van der Waals surface area contributed by atoms with Crippen LogP contribution in [-0.2, 0) is 5.41 Å². The van der Waals surface area contributed by atoms with Crippen molar-refractivity contribution in [3.05, 3.63) is 197 Å². The molecule has 12 rings (SSSR count). The van der Waals surface area contributed by atoms with Crippen LogP contribution < -0.4 is 0 Å². The van der Waals surface area contributed by atoms with E-state index in [-0.39, 0.29) is 0 Å². The van der Waals surface area contributed by atoms with Gasteiger partial charge in [0, 0.05) is 48.9 Å². The number of benzene rings is 6. The lowest BCUT2D eigenvalue weighted by Gasteiger charge is -2.35. The summed E-state index contributed by atoms with van der Waals surface area (Å²) in [4.78, 5) is 9.53. The number of fused-ring (bicyclic) bond motifs is 16. The number of thiophene rings is 1. The van der Waals surface area contributed by atoms with Crippen molar-refractivity contribution in [2.45, 2.75) is 5.41 Å². The van der Waals surface area contributed by atoms with Crippen LogP contribution in [0, 0.1) is 0 Å². The first kappa shape index (κ1) is 29.0. The maximum atomic E-state index is 4.83. The Bertz CT molecular complexity index is 3180. The fourth-order valence-corrected chi connectivity index (χ4v) is 10.6. The zero-order valence-corrected chi connectivity index (χ0v) is 29.3. The van der Waals surface area contributed by atoms with Gasteiger partial charge in [-0.15, -0.1) is 11.3 Å². The average Bonchev–Trinajstić information content (AvgIpc) is 3.83. The van der Waals surface area contributed by atoms with Gasteiger partial charge in [0.2, 0.25) is 0 Å². The van der Waals surface area contributed by atoms with E-state index in [1.54, 1.807) is 0 Å². The van der Waals surface area contributed by atoms with Crippen LogP contribution in [0.25, 0.3) is 82.3 Å².